The molecule has 0 unspecified atom stereocenters. The number of esters is 2. The highest BCUT2D eigenvalue weighted by Gasteiger charge is 2.22. The number of carbonyl (C=O) groups excluding carboxylic acids is 4. The lowest BCUT2D eigenvalue weighted by Gasteiger charge is -2.16. The summed E-state index contributed by atoms with van der Waals surface area (Å²) in [4.78, 5) is 49.2. The van der Waals surface area contributed by atoms with Crippen LogP contribution in [0.4, 0.5) is 5.69 Å². The molecule has 1 aliphatic rings. The van der Waals surface area contributed by atoms with Crippen LogP contribution in [0.25, 0.3) is 6.08 Å². The molecule has 1 heterocycles. The second-order valence-electron chi connectivity index (χ2n) is 6.68. The number of amides is 1. The molecule has 1 amide bonds. The summed E-state index contributed by atoms with van der Waals surface area (Å²) in [5, 5.41) is 0. The number of anilines is 1. The maximum atomic E-state index is 12.4. The van der Waals surface area contributed by atoms with Gasteiger partial charge in [0.1, 0.15) is 0 Å². The number of carbonyl (C=O) groups is 4. The normalized spacial score (nSPS) is 13.5. The summed E-state index contributed by atoms with van der Waals surface area (Å²) < 4.78 is 9.64. The molecule has 0 aromatic heterocycles. The van der Waals surface area contributed by atoms with Crippen molar-refractivity contribution in [1.29, 1.82) is 0 Å². The van der Waals surface area contributed by atoms with Gasteiger partial charge in [-0.1, -0.05) is 24.3 Å². The van der Waals surface area contributed by atoms with E-state index in [2.05, 4.69) is 4.74 Å². The fraction of sp³-hybridized carbons (Fsp3) is 0.217. The van der Waals surface area contributed by atoms with Crippen LogP contribution in [0, 0.1) is 0 Å². The molecule has 2 aromatic rings. The van der Waals surface area contributed by atoms with Crippen molar-refractivity contribution in [1.82, 2.24) is 0 Å². The fourth-order valence-electron chi connectivity index (χ4n) is 3.05. The van der Waals surface area contributed by atoms with E-state index in [1.807, 2.05) is 0 Å². The van der Waals surface area contributed by atoms with Crippen molar-refractivity contribution in [2.45, 2.75) is 12.8 Å². The predicted molar refractivity (Wildman–Crippen MR) is 110 cm³/mol. The molecule has 1 aliphatic heterocycles. The Hall–Kier alpha value is -3.74. The maximum Gasteiger partial charge on any atom is 0.337 e. The van der Waals surface area contributed by atoms with Gasteiger partial charge in [-0.2, -0.15) is 0 Å². The second kappa shape index (κ2) is 9.65. The minimum Gasteiger partial charge on any atom is -0.465 e. The van der Waals surface area contributed by atoms with Crippen LogP contribution >= 0.6 is 0 Å². The first-order valence-corrected chi connectivity index (χ1v) is 9.45. The third kappa shape index (κ3) is 5.20. The van der Waals surface area contributed by atoms with E-state index in [-0.39, 0.29) is 11.7 Å². The molecule has 0 radical (unpaired) electrons. The van der Waals surface area contributed by atoms with Gasteiger partial charge in [0, 0.05) is 30.3 Å². The van der Waals surface area contributed by atoms with Crippen LogP contribution in [0.2, 0.25) is 0 Å². The molecule has 0 aliphatic carbocycles. The Morgan fingerprint density at radius 1 is 1.07 bits per heavy atom. The van der Waals surface area contributed by atoms with Crippen molar-refractivity contribution < 1.29 is 28.7 Å². The standard InChI is InChI=1S/C23H21NO6/c1-29-23(28)17-10-7-16(8-11-17)9-12-22(27)30-15-20(25)18-4-2-5-19(14-18)24-13-3-6-21(24)26/h2,4-5,7-12,14H,3,6,13,15H2,1H3/b12-9+. The van der Waals surface area contributed by atoms with Gasteiger partial charge < -0.3 is 14.4 Å². The molecule has 1 fully saturated rings. The Balaban J connectivity index is 1.54. The van der Waals surface area contributed by atoms with E-state index in [1.54, 1.807) is 53.4 Å². The van der Waals surface area contributed by atoms with Gasteiger partial charge in [0.25, 0.3) is 0 Å². The van der Waals surface area contributed by atoms with E-state index < -0.39 is 18.5 Å². The fourth-order valence-corrected chi connectivity index (χ4v) is 3.05. The number of Topliss-reactive ketones (excluding diaryl/α,β-unsaturated/α-hetero) is 1. The highest BCUT2D eigenvalue weighted by atomic mass is 16.5. The minimum atomic E-state index is -0.661. The van der Waals surface area contributed by atoms with Crippen molar-refractivity contribution in [3.63, 3.8) is 0 Å². The predicted octanol–water partition coefficient (Wildman–Crippen LogP) is 3.04. The van der Waals surface area contributed by atoms with Crippen molar-refractivity contribution in [3.05, 3.63) is 71.3 Å². The third-order valence-corrected chi connectivity index (χ3v) is 4.64. The number of methoxy groups -OCH3 is 1. The zero-order valence-corrected chi connectivity index (χ0v) is 16.5. The molecule has 0 bridgehead atoms. The van der Waals surface area contributed by atoms with Crippen molar-refractivity contribution in [2.75, 3.05) is 25.2 Å². The van der Waals surface area contributed by atoms with E-state index in [9.17, 15) is 19.2 Å². The zero-order chi connectivity index (χ0) is 21.5. The Bertz CT molecular complexity index is 993. The van der Waals surface area contributed by atoms with Crippen LogP contribution in [0.1, 0.15) is 39.1 Å². The maximum absolute atomic E-state index is 12.4. The van der Waals surface area contributed by atoms with Crippen LogP contribution < -0.4 is 4.90 Å². The first-order valence-electron chi connectivity index (χ1n) is 9.45. The van der Waals surface area contributed by atoms with Gasteiger partial charge in [-0.25, -0.2) is 9.59 Å². The minimum absolute atomic E-state index is 0.0378. The second-order valence-corrected chi connectivity index (χ2v) is 6.68. The summed E-state index contributed by atoms with van der Waals surface area (Å²) in [6.07, 6.45) is 4.03. The number of hydrogen-bond acceptors (Lipinski definition) is 6. The van der Waals surface area contributed by atoms with Crippen LogP contribution in [0.5, 0.6) is 0 Å². The lowest BCUT2D eigenvalue weighted by molar-refractivity contribution is -0.136. The molecular weight excluding hydrogens is 386 g/mol. The third-order valence-electron chi connectivity index (χ3n) is 4.64. The Morgan fingerprint density at radius 3 is 2.50 bits per heavy atom. The number of nitrogens with zero attached hydrogens (tertiary/aromatic N) is 1. The lowest BCUT2D eigenvalue weighted by atomic mass is 10.1. The number of ketones is 1. The number of rotatable bonds is 7. The monoisotopic (exact) mass is 407 g/mol. The summed E-state index contributed by atoms with van der Waals surface area (Å²) in [7, 11) is 1.30. The Kier molecular flexibility index (Phi) is 6.75. The Labute approximate surface area is 173 Å². The van der Waals surface area contributed by atoms with Gasteiger partial charge in [-0.05, 0) is 42.3 Å². The van der Waals surface area contributed by atoms with Gasteiger partial charge in [-0.15, -0.1) is 0 Å². The van der Waals surface area contributed by atoms with Crippen molar-refractivity contribution in [3.8, 4) is 0 Å². The summed E-state index contributed by atoms with van der Waals surface area (Å²) in [5.74, 6) is -1.42. The molecular formula is C23H21NO6. The first-order chi connectivity index (χ1) is 14.5. The van der Waals surface area contributed by atoms with Crippen LogP contribution in [0.3, 0.4) is 0 Å². The largest absolute Gasteiger partial charge is 0.465 e. The summed E-state index contributed by atoms with van der Waals surface area (Å²) in [5.41, 5.74) is 2.14. The zero-order valence-electron chi connectivity index (χ0n) is 16.5. The molecule has 0 N–H and O–H groups in total. The van der Waals surface area contributed by atoms with E-state index in [0.717, 1.165) is 6.42 Å². The SMILES string of the molecule is COC(=O)c1ccc(/C=C/C(=O)OCC(=O)c2cccc(N3CCCC3=O)c2)cc1. The van der Waals surface area contributed by atoms with Crippen LogP contribution in [-0.4, -0.2) is 43.9 Å². The highest BCUT2D eigenvalue weighted by molar-refractivity contribution is 6.01. The summed E-state index contributed by atoms with van der Waals surface area (Å²) in [6.45, 7) is 0.235. The molecule has 30 heavy (non-hydrogen) atoms. The van der Waals surface area contributed by atoms with Gasteiger partial charge >= 0.3 is 11.9 Å². The topological polar surface area (TPSA) is 90.0 Å². The number of ether oxygens (including phenoxy) is 2. The van der Waals surface area contributed by atoms with Crippen LogP contribution in [-0.2, 0) is 19.1 Å². The van der Waals surface area contributed by atoms with E-state index >= 15 is 0 Å². The van der Waals surface area contributed by atoms with Gasteiger partial charge in [0.15, 0.2) is 12.4 Å². The van der Waals surface area contributed by atoms with Crippen molar-refractivity contribution in [2.24, 2.45) is 0 Å². The average molecular weight is 407 g/mol. The van der Waals surface area contributed by atoms with Crippen molar-refractivity contribution >= 4 is 35.4 Å². The van der Waals surface area contributed by atoms with Gasteiger partial charge in [0.2, 0.25) is 5.91 Å². The molecule has 7 heteroatoms. The highest BCUT2D eigenvalue weighted by Crippen LogP contribution is 2.22. The van der Waals surface area contributed by atoms with Crippen LogP contribution in [0.15, 0.2) is 54.6 Å². The summed E-state index contributed by atoms with van der Waals surface area (Å²) >= 11 is 0. The first kappa shape index (κ1) is 21.0. The average Bonchev–Trinajstić information content (AvgIpc) is 3.21. The smallest absolute Gasteiger partial charge is 0.337 e. The quantitative estimate of drug-likeness (QED) is 0.398. The molecule has 7 nitrogen and oxygen atoms in total. The van der Waals surface area contributed by atoms with Gasteiger partial charge in [0.05, 0.1) is 12.7 Å². The van der Waals surface area contributed by atoms with E-state index in [1.165, 1.54) is 19.3 Å². The summed E-state index contributed by atoms with van der Waals surface area (Å²) in [6, 6.07) is 13.2. The lowest BCUT2D eigenvalue weighted by Crippen LogP contribution is -2.24. The molecule has 154 valence electrons. The molecule has 2 aromatic carbocycles. The van der Waals surface area contributed by atoms with E-state index in [0.29, 0.717) is 35.3 Å². The Morgan fingerprint density at radius 2 is 1.83 bits per heavy atom. The van der Waals surface area contributed by atoms with Gasteiger partial charge in [-0.3, -0.25) is 9.59 Å². The number of benzene rings is 2. The van der Waals surface area contributed by atoms with E-state index in [4.69, 9.17) is 4.74 Å². The molecule has 0 atom stereocenters. The number of hydrogen-bond donors (Lipinski definition) is 0. The molecule has 1 saturated heterocycles. The molecule has 0 spiro atoms. The molecule has 0 saturated carbocycles. The molecule has 3 rings (SSSR count).